The molecule has 0 amide bonds. The summed E-state index contributed by atoms with van der Waals surface area (Å²) in [6.07, 6.45) is 2.87. The van der Waals surface area contributed by atoms with Crippen LogP contribution in [0.25, 0.3) is 0 Å². The molecular formula is C11H18O5. The van der Waals surface area contributed by atoms with E-state index in [0.717, 1.165) is 0 Å². The van der Waals surface area contributed by atoms with Crippen molar-refractivity contribution in [2.45, 2.75) is 26.7 Å². The average Bonchev–Trinajstić information content (AvgIpc) is 2.18. The van der Waals surface area contributed by atoms with Crippen molar-refractivity contribution in [1.82, 2.24) is 0 Å². The van der Waals surface area contributed by atoms with E-state index in [9.17, 15) is 9.59 Å². The number of hydrogen-bond acceptors (Lipinski definition) is 3. The van der Waals surface area contributed by atoms with Gasteiger partial charge in [-0.25, -0.2) is 9.59 Å². The summed E-state index contributed by atoms with van der Waals surface area (Å²) >= 11 is 0. The molecule has 0 bridgehead atoms. The van der Waals surface area contributed by atoms with E-state index in [-0.39, 0.29) is 12.2 Å². The Morgan fingerprint density at radius 2 is 1.62 bits per heavy atom. The van der Waals surface area contributed by atoms with Gasteiger partial charge in [0.25, 0.3) is 0 Å². The minimum atomic E-state index is -0.935. The molecule has 0 aliphatic heterocycles. The smallest absolute Gasteiger partial charge is 0.330 e. The topological polar surface area (TPSA) is 94.8 Å². The third-order valence-electron chi connectivity index (χ3n) is 1.52. The molecule has 0 radical (unpaired) electrons. The zero-order valence-electron chi connectivity index (χ0n) is 9.56. The standard InChI is InChI=1S/C7H12O3.C4H6O2/c1-6(7(9)10)4-2-3-5-8;1-3(2)4(5)6/h4,8H,2-3,5H2,1H3,(H,9,10);1H2,2H3,(H,5,6). The predicted molar refractivity (Wildman–Crippen MR) is 60.2 cm³/mol. The Morgan fingerprint density at radius 1 is 1.19 bits per heavy atom. The summed E-state index contributed by atoms with van der Waals surface area (Å²) in [5.41, 5.74) is 0.517. The second-order valence-electron chi connectivity index (χ2n) is 3.14. The highest BCUT2D eigenvalue weighted by Gasteiger charge is 1.96. The summed E-state index contributed by atoms with van der Waals surface area (Å²) in [6, 6.07) is 0. The molecule has 0 fully saturated rings. The fourth-order valence-corrected chi connectivity index (χ4v) is 0.497. The maximum Gasteiger partial charge on any atom is 0.330 e. The Morgan fingerprint density at radius 3 is 1.88 bits per heavy atom. The quantitative estimate of drug-likeness (QED) is 0.490. The monoisotopic (exact) mass is 230 g/mol. The lowest BCUT2D eigenvalue weighted by atomic mass is 10.2. The molecule has 0 aromatic carbocycles. The van der Waals surface area contributed by atoms with Crippen LogP contribution in [0.3, 0.4) is 0 Å². The van der Waals surface area contributed by atoms with Gasteiger partial charge in [-0.05, 0) is 26.7 Å². The summed E-state index contributed by atoms with van der Waals surface area (Å²) in [6.45, 7) is 6.26. The largest absolute Gasteiger partial charge is 0.478 e. The molecule has 0 heterocycles. The van der Waals surface area contributed by atoms with Crippen molar-refractivity contribution in [3.8, 4) is 0 Å². The summed E-state index contributed by atoms with van der Waals surface area (Å²) in [4.78, 5) is 19.8. The van der Waals surface area contributed by atoms with Gasteiger partial charge < -0.3 is 15.3 Å². The normalized spacial score (nSPS) is 10.1. The number of aliphatic carboxylic acids is 2. The first-order valence-electron chi connectivity index (χ1n) is 4.72. The van der Waals surface area contributed by atoms with E-state index in [1.807, 2.05) is 0 Å². The lowest BCUT2D eigenvalue weighted by Crippen LogP contribution is -1.95. The van der Waals surface area contributed by atoms with Crippen LogP contribution >= 0.6 is 0 Å². The molecule has 0 atom stereocenters. The highest BCUT2D eigenvalue weighted by molar-refractivity contribution is 5.85. The SMILES string of the molecule is C=C(C)C(=O)O.CC(=CCCCO)C(=O)O. The highest BCUT2D eigenvalue weighted by Crippen LogP contribution is 1.97. The van der Waals surface area contributed by atoms with E-state index in [1.54, 1.807) is 13.0 Å². The number of aliphatic hydroxyl groups excluding tert-OH is 1. The number of rotatable bonds is 5. The molecule has 16 heavy (non-hydrogen) atoms. The first-order chi connectivity index (χ1) is 7.32. The number of carboxylic acid groups (broad SMARTS) is 2. The van der Waals surface area contributed by atoms with Gasteiger partial charge in [-0.3, -0.25) is 0 Å². The van der Waals surface area contributed by atoms with Gasteiger partial charge in [0.15, 0.2) is 0 Å². The Hall–Kier alpha value is -1.62. The maximum absolute atomic E-state index is 10.2. The van der Waals surface area contributed by atoms with Gasteiger partial charge in [-0.2, -0.15) is 0 Å². The number of carbonyl (C=O) groups is 2. The van der Waals surface area contributed by atoms with Crippen LogP contribution in [0, 0.1) is 0 Å². The van der Waals surface area contributed by atoms with Gasteiger partial charge in [0.2, 0.25) is 0 Å². The van der Waals surface area contributed by atoms with Crippen molar-refractivity contribution in [1.29, 1.82) is 0 Å². The van der Waals surface area contributed by atoms with Crippen LogP contribution in [-0.2, 0) is 9.59 Å². The third kappa shape index (κ3) is 12.4. The molecule has 0 saturated heterocycles. The average molecular weight is 230 g/mol. The molecule has 0 spiro atoms. The van der Waals surface area contributed by atoms with Crippen molar-refractivity contribution in [2.24, 2.45) is 0 Å². The van der Waals surface area contributed by atoms with Gasteiger partial charge in [-0.1, -0.05) is 12.7 Å². The van der Waals surface area contributed by atoms with Crippen LogP contribution in [0.1, 0.15) is 26.7 Å². The van der Waals surface area contributed by atoms with Crippen LogP contribution < -0.4 is 0 Å². The number of allylic oxidation sites excluding steroid dienone is 1. The van der Waals surface area contributed by atoms with Crippen molar-refractivity contribution < 1.29 is 24.9 Å². The van der Waals surface area contributed by atoms with Gasteiger partial charge in [0, 0.05) is 17.8 Å². The van der Waals surface area contributed by atoms with Crippen LogP contribution in [0.5, 0.6) is 0 Å². The Bertz CT molecular complexity index is 266. The summed E-state index contributed by atoms with van der Waals surface area (Å²) in [5, 5.41) is 24.6. The van der Waals surface area contributed by atoms with E-state index in [0.29, 0.717) is 18.4 Å². The molecule has 5 heteroatoms. The number of aliphatic hydroxyl groups is 1. The van der Waals surface area contributed by atoms with Crippen molar-refractivity contribution >= 4 is 11.9 Å². The molecule has 3 N–H and O–H groups in total. The molecular weight excluding hydrogens is 212 g/mol. The molecule has 0 aliphatic carbocycles. The highest BCUT2D eigenvalue weighted by atomic mass is 16.4. The Labute approximate surface area is 94.7 Å². The Balaban J connectivity index is 0. The second-order valence-corrected chi connectivity index (χ2v) is 3.14. The fraction of sp³-hybridized carbons (Fsp3) is 0.455. The molecule has 0 aromatic heterocycles. The van der Waals surface area contributed by atoms with Gasteiger partial charge in [0.05, 0.1) is 0 Å². The number of hydrogen-bond donors (Lipinski definition) is 3. The summed E-state index contributed by atoms with van der Waals surface area (Å²) in [7, 11) is 0. The third-order valence-corrected chi connectivity index (χ3v) is 1.52. The molecule has 0 saturated carbocycles. The summed E-state index contributed by atoms with van der Waals surface area (Å²) in [5.74, 6) is -1.83. The van der Waals surface area contributed by atoms with Gasteiger partial charge >= 0.3 is 11.9 Å². The molecule has 0 aliphatic rings. The van der Waals surface area contributed by atoms with E-state index >= 15 is 0 Å². The predicted octanol–water partition coefficient (Wildman–Crippen LogP) is 1.44. The van der Waals surface area contributed by atoms with Crippen LogP contribution in [0.2, 0.25) is 0 Å². The van der Waals surface area contributed by atoms with Crippen molar-refractivity contribution in [2.75, 3.05) is 6.61 Å². The molecule has 0 rings (SSSR count). The number of unbranched alkanes of at least 4 members (excludes halogenated alkanes) is 1. The van der Waals surface area contributed by atoms with Crippen LogP contribution in [0.4, 0.5) is 0 Å². The minimum absolute atomic E-state index is 0.114. The molecule has 92 valence electrons. The molecule has 5 nitrogen and oxygen atoms in total. The van der Waals surface area contributed by atoms with E-state index < -0.39 is 11.9 Å². The van der Waals surface area contributed by atoms with Crippen LogP contribution in [-0.4, -0.2) is 33.9 Å². The van der Waals surface area contributed by atoms with Crippen molar-refractivity contribution in [3.63, 3.8) is 0 Å². The summed E-state index contributed by atoms with van der Waals surface area (Å²) < 4.78 is 0. The van der Waals surface area contributed by atoms with Crippen molar-refractivity contribution in [3.05, 3.63) is 23.8 Å². The van der Waals surface area contributed by atoms with E-state index in [4.69, 9.17) is 15.3 Å². The fourth-order valence-electron chi connectivity index (χ4n) is 0.497. The van der Waals surface area contributed by atoms with E-state index in [2.05, 4.69) is 6.58 Å². The first-order valence-corrected chi connectivity index (χ1v) is 4.72. The zero-order chi connectivity index (χ0) is 13.1. The molecule has 0 aromatic rings. The van der Waals surface area contributed by atoms with Gasteiger partial charge in [0.1, 0.15) is 0 Å². The van der Waals surface area contributed by atoms with Crippen LogP contribution in [0.15, 0.2) is 23.8 Å². The maximum atomic E-state index is 10.2. The lowest BCUT2D eigenvalue weighted by molar-refractivity contribution is -0.133. The zero-order valence-corrected chi connectivity index (χ0v) is 9.56. The number of carboxylic acids is 2. The lowest BCUT2D eigenvalue weighted by Gasteiger charge is -1.91. The Kier molecular flexibility index (Phi) is 10.4. The van der Waals surface area contributed by atoms with Gasteiger partial charge in [-0.15, -0.1) is 0 Å². The second kappa shape index (κ2) is 9.92. The first kappa shape index (κ1) is 16.8. The molecule has 0 unspecified atom stereocenters. The van der Waals surface area contributed by atoms with E-state index in [1.165, 1.54) is 6.92 Å². The minimum Gasteiger partial charge on any atom is -0.478 e.